The molecule has 0 fully saturated rings. The molecule has 0 radical (unpaired) electrons. The summed E-state index contributed by atoms with van der Waals surface area (Å²) < 4.78 is 12.6. The highest BCUT2D eigenvalue weighted by atomic mass is 16.5. The number of methoxy groups -OCH3 is 2. The fraction of sp³-hybridized carbons (Fsp3) is 0.316. The van der Waals surface area contributed by atoms with Crippen molar-refractivity contribution >= 4 is 17.5 Å². The predicted molar refractivity (Wildman–Crippen MR) is 97.9 cm³/mol. The molecule has 1 unspecified atom stereocenters. The van der Waals surface area contributed by atoms with E-state index in [1.54, 1.807) is 25.0 Å². The minimum absolute atomic E-state index is 0.0559. The molecule has 140 valence electrons. The van der Waals surface area contributed by atoms with E-state index < -0.39 is 11.9 Å². The molecule has 27 heavy (non-hydrogen) atoms. The maximum atomic E-state index is 12.8. The molecule has 1 atom stereocenters. The minimum Gasteiger partial charge on any atom is -0.493 e. The van der Waals surface area contributed by atoms with Gasteiger partial charge in [0.25, 0.3) is 5.91 Å². The number of ether oxygens (including phenoxy) is 2. The topological polar surface area (TPSA) is 108 Å². The molecule has 0 spiro atoms. The minimum atomic E-state index is -0.578. The van der Waals surface area contributed by atoms with Crippen molar-refractivity contribution in [2.75, 3.05) is 19.5 Å². The number of carbonyl (C=O) groups excluding carboxylic acids is 2. The van der Waals surface area contributed by atoms with Crippen LogP contribution in [0.3, 0.4) is 0 Å². The molecule has 2 heterocycles. The third-order valence-corrected chi connectivity index (χ3v) is 5.03. The van der Waals surface area contributed by atoms with E-state index in [0.29, 0.717) is 35.7 Å². The second kappa shape index (κ2) is 6.46. The van der Waals surface area contributed by atoms with E-state index in [4.69, 9.17) is 15.2 Å². The smallest absolute Gasteiger partial charge is 0.254 e. The van der Waals surface area contributed by atoms with E-state index in [0.717, 1.165) is 17.7 Å². The maximum Gasteiger partial charge on any atom is 0.254 e. The summed E-state index contributed by atoms with van der Waals surface area (Å²) in [4.78, 5) is 24.6. The van der Waals surface area contributed by atoms with Gasteiger partial charge in [0, 0.05) is 23.3 Å². The first-order valence-electron chi connectivity index (χ1n) is 8.68. The SMILES string of the molecule is COc1cccc(C2C3=C(CCCC3=O)Nc3c(C(N)=O)cnn32)c1OC. The average molecular weight is 368 g/mol. The Morgan fingerprint density at radius 3 is 2.81 bits per heavy atom. The highest BCUT2D eigenvalue weighted by molar-refractivity contribution is 6.02. The third kappa shape index (κ3) is 2.56. The Morgan fingerprint density at radius 1 is 1.30 bits per heavy atom. The summed E-state index contributed by atoms with van der Waals surface area (Å²) in [6.07, 6.45) is 3.37. The summed E-state index contributed by atoms with van der Waals surface area (Å²) in [5.74, 6) is 1.06. The number of allylic oxidation sites excluding steroid dienone is 2. The second-order valence-electron chi connectivity index (χ2n) is 6.49. The molecule has 0 saturated carbocycles. The maximum absolute atomic E-state index is 12.8. The van der Waals surface area contributed by atoms with Crippen LogP contribution < -0.4 is 20.5 Å². The summed E-state index contributed by atoms with van der Waals surface area (Å²) >= 11 is 0. The van der Waals surface area contributed by atoms with Crippen LogP contribution in [0.25, 0.3) is 0 Å². The van der Waals surface area contributed by atoms with E-state index in [2.05, 4.69) is 10.4 Å². The van der Waals surface area contributed by atoms with Gasteiger partial charge in [0.05, 0.1) is 20.4 Å². The van der Waals surface area contributed by atoms with Crippen LogP contribution in [0.15, 0.2) is 35.7 Å². The lowest BCUT2D eigenvalue weighted by molar-refractivity contribution is -0.116. The number of nitrogens with two attached hydrogens (primary N) is 1. The molecule has 1 aromatic carbocycles. The molecule has 1 amide bonds. The van der Waals surface area contributed by atoms with E-state index in [1.165, 1.54) is 6.20 Å². The van der Waals surface area contributed by atoms with Crippen LogP contribution in [0.5, 0.6) is 11.5 Å². The van der Waals surface area contributed by atoms with Crippen molar-refractivity contribution in [3.05, 3.63) is 46.8 Å². The van der Waals surface area contributed by atoms with Crippen LogP contribution in [0.2, 0.25) is 0 Å². The summed E-state index contributed by atoms with van der Waals surface area (Å²) in [6, 6.07) is 4.98. The molecule has 4 rings (SSSR count). The number of para-hydroxylation sites is 1. The van der Waals surface area contributed by atoms with Gasteiger partial charge in [-0.05, 0) is 18.9 Å². The molecule has 0 bridgehead atoms. The number of carbonyl (C=O) groups is 2. The van der Waals surface area contributed by atoms with Gasteiger partial charge in [0.2, 0.25) is 0 Å². The van der Waals surface area contributed by atoms with Crippen LogP contribution in [-0.2, 0) is 4.79 Å². The number of rotatable bonds is 4. The van der Waals surface area contributed by atoms with Gasteiger partial charge in [0.15, 0.2) is 17.3 Å². The van der Waals surface area contributed by atoms with Crippen LogP contribution >= 0.6 is 0 Å². The first-order chi connectivity index (χ1) is 13.1. The van der Waals surface area contributed by atoms with Crippen molar-refractivity contribution in [1.82, 2.24) is 9.78 Å². The second-order valence-corrected chi connectivity index (χ2v) is 6.49. The lowest BCUT2D eigenvalue weighted by atomic mass is 9.85. The van der Waals surface area contributed by atoms with Crippen LogP contribution in [-0.4, -0.2) is 35.7 Å². The van der Waals surface area contributed by atoms with Crippen LogP contribution in [0.1, 0.15) is 41.2 Å². The van der Waals surface area contributed by atoms with Gasteiger partial charge in [0.1, 0.15) is 17.4 Å². The number of benzene rings is 1. The number of fused-ring (bicyclic) bond motifs is 1. The Morgan fingerprint density at radius 2 is 2.11 bits per heavy atom. The lowest BCUT2D eigenvalue weighted by Crippen LogP contribution is -2.32. The van der Waals surface area contributed by atoms with Crippen molar-refractivity contribution in [3.63, 3.8) is 0 Å². The standard InChI is InChI=1S/C19H20N4O4/c1-26-14-8-3-5-10(17(14)27-2)16-15-12(6-4-7-13(15)24)22-19-11(18(20)25)9-21-23(16)19/h3,5,8-9,16,22H,4,6-7H2,1-2H3,(H2,20,25). The van der Waals surface area contributed by atoms with Gasteiger partial charge in [-0.1, -0.05) is 12.1 Å². The molecule has 8 nitrogen and oxygen atoms in total. The molecular weight excluding hydrogens is 348 g/mol. The zero-order chi connectivity index (χ0) is 19.1. The number of primary amides is 1. The first kappa shape index (κ1) is 17.1. The van der Waals surface area contributed by atoms with Gasteiger partial charge < -0.3 is 20.5 Å². The van der Waals surface area contributed by atoms with E-state index in [-0.39, 0.29) is 11.3 Å². The number of nitrogens with one attached hydrogen (secondary N) is 1. The number of aromatic nitrogens is 2. The van der Waals surface area contributed by atoms with E-state index in [1.807, 2.05) is 12.1 Å². The lowest BCUT2D eigenvalue weighted by Gasteiger charge is -2.34. The number of hydrogen-bond donors (Lipinski definition) is 2. The van der Waals surface area contributed by atoms with Crippen molar-refractivity contribution < 1.29 is 19.1 Å². The molecule has 3 N–H and O–H groups in total. The van der Waals surface area contributed by atoms with Gasteiger partial charge in [-0.2, -0.15) is 5.10 Å². The predicted octanol–water partition coefficient (Wildman–Crippen LogP) is 2.02. The molecule has 2 aromatic rings. The average Bonchev–Trinajstić information content (AvgIpc) is 3.09. The highest BCUT2D eigenvalue weighted by Crippen LogP contribution is 2.46. The zero-order valence-corrected chi connectivity index (χ0v) is 15.1. The summed E-state index contributed by atoms with van der Waals surface area (Å²) in [7, 11) is 3.12. The van der Waals surface area contributed by atoms with Crippen molar-refractivity contribution in [2.45, 2.75) is 25.3 Å². The number of hydrogen-bond acceptors (Lipinski definition) is 6. The Kier molecular flexibility index (Phi) is 4.10. The molecule has 2 aliphatic rings. The fourth-order valence-electron chi connectivity index (χ4n) is 3.85. The number of nitrogens with zero attached hydrogens (tertiary/aromatic N) is 2. The van der Waals surface area contributed by atoms with Crippen molar-refractivity contribution in [1.29, 1.82) is 0 Å². The summed E-state index contributed by atoms with van der Waals surface area (Å²) in [5, 5.41) is 7.57. The molecule has 1 aliphatic heterocycles. The number of amides is 1. The van der Waals surface area contributed by atoms with E-state index in [9.17, 15) is 9.59 Å². The number of ketones is 1. The highest BCUT2D eigenvalue weighted by Gasteiger charge is 2.39. The molecule has 0 saturated heterocycles. The van der Waals surface area contributed by atoms with Gasteiger partial charge >= 0.3 is 0 Å². The zero-order valence-electron chi connectivity index (χ0n) is 15.1. The van der Waals surface area contributed by atoms with Gasteiger partial charge in [-0.15, -0.1) is 0 Å². The third-order valence-electron chi connectivity index (χ3n) is 5.03. The Hall–Kier alpha value is -3.29. The molecule has 1 aliphatic carbocycles. The Bertz CT molecular complexity index is 976. The normalized spacial score (nSPS) is 18.4. The van der Waals surface area contributed by atoms with Crippen molar-refractivity contribution in [3.8, 4) is 11.5 Å². The number of anilines is 1. The van der Waals surface area contributed by atoms with Crippen LogP contribution in [0, 0.1) is 0 Å². The van der Waals surface area contributed by atoms with Gasteiger partial charge in [-0.3, -0.25) is 9.59 Å². The number of Topliss-reactive ketones (excluding diaryl/α,β-unsaturated/α-hetero) is 1. The monoisotopic (exact) mass is 368 g/mol. The largest absolute Gasteiger partial charge is 0.493 e. The summed E-state index contributed by atoms with van der Waals surface area (Å²) in [6.45, 7) is 0. The Balaban J connectivity index is 1.99. The Labute approximate surface area is 155 Å². The van der Waals surface area contributed by atoms with Gasteiger partial charge in [-0.25, -0.2) is 4.68 Å². The molecular formula is C19H20N4O4. The molecule has 1 aromatic heterocycles. The fourth-order valence-corrected chi connectivity index (χ4v) is 3.85. The van der Waals surface area contributed by atoms with Crippen molar-refractivity contribution in [2.24, 2.45) is 5.73 Å². The van der Waals surface area contributed by atoms with Crippen LogP contribution in [0.4, 0.5) is 5.82 Å². The quantitative estimate of drug-likeness (QED) is 0.855. The first-order valence-corrected chi connectivity index (χ1v) is 8.68. The molecule has 8 heteroatoms. The van der Waals surface area contributed by atoms with E-state index >= 15 is 0 Å². The summed E-state index contributed by atoms with van der Waals surface area (Å²) in [5.41, 5.74) is 7.97.